The van der Waals surface area contributed by atoms with Gasteiger partial charge in [0.1, 0.15) is 5.84 Å². The summed E-state index contributed by atoms with van der Waals surface area (Å²) in [6, 6.07) is 13.6. The highest BCUT2D eigenvalue weighted by atomic mass is 35.5. The zero-order chi connectivity index (χ0) is 14.7. The Bertz CT molecular complexity index is 637. The largest absolute Gasteiger partial charge is 0.384 e. The van der Waals surface area contributed by atoms with Crippen molar-refractivity contribution in [2.24, 2.45) is 5.73 Å². The molecule has 0 aliphatic carbocycles. The molecule has 2 rings (SSSR count). The third kappa shape index (κ3) is 3.11. The van der Waals surface area contributed by atoms with Crippen LogP contribution in [-0.4, -0.2) is 12.9 Å². The average molecular weight is 288 g/mol. The summed E-state index contributed by atoms with van der Waals surface area (Å²) in [6.45, 7) is 2.83. The van der Waals surface area contributed by atoms with E-state index in [1.807, 2.05) is 25.2 Å². The van der Waals surface area contributed by atoms with Crippen molar-refractivity contribution in [3.8, 4) is 0 Å². The molecule has 0 atom stereocenters. The van der Waals surface area contributed by atoms with E-state index in [-0.39, 0.29) is 5.84 Å². The number of nitrogen functional groups attached to an aromatic ring is 1. The molecule has 2 aromatic carbocycles. The molecular formula is C16H18ClN3. The molecule has 0 radical (unpaired) electrons. The van der Waals surface area contributed by atoms with Crippen LogP contribution in [0.3, 0.4) is 0 Å². The standard InChI is InChI=1S/C16H18ClN3/c1-11-5-3-4-6-12(11)10-20(2)15-9-13(17)7-8-14(15)16(18)19/h3-9H,10H2,1-2H3,(H3,18,19). The van der Waals surface area contributed by atoms with Crippen molar-refractivity contribution in [3.63, 3.8) is 0 Å². The molecule has 0 spiro atoms. The first-order valence-electron chi connectivity index (χ1n) is 6.38. The van der Waals surface area contributed by atoms with Crippen LogP contribution >= 0.6 is 11.6 Å². The lowest BCUT2D eigenvalue weighted by Crippen LogP contribution is -2.22. The van der Waals surface area contributed by atoms with Crippen molar-refractivity contribution in [2.45, 2.75) is 13.5 Å². The fraction of sp³-hybridized carbons (Fsp3) is 0.188. The summed E-state index contributed by atoms with van der Waals surface area (Å²) in [5.41, 5.74) is 9.69. The Labute approximate surface area is 124 Å². The molecule has 0 bridgehead atoms. The third-order valence-corrected chi connectivity index (χ3v) is 3.57. The Morgan fingerprint density at radius 1 is 1.25 bits per heavy atom. The molecule has 0 unspecified atom stereocenters. The quantitative estimate of drug-likeness (QED) is 0.667. The van der Waals surface area contributed by atoms with E-state index in [0.717, 1.165) is 12.2 Å². The number of nitrogens with two attached hydrogens (primary N) is 1. The predicted molar refractivity (Wildman–Crippen MR) is 85.8 cm³/mol. The van der Waals surface area contributed by atoms with Crippen LogP contribution < -0.4 is 10.6 Å². The number of anilines is 1. The Kier molecular flexibility index (Phi) is 4.30. The predicted octanol–water partition coefficient (Wildman–Crippen LogP) is 3.57. The fourth-order valence-corrected chi connectivity index (χ4v) is 2.34. The summed E-state index contributed by atoms with van der Waals surface area (Å²) < 4.78 is 0. The van der Waals surface area contributed by atoms with Crippen LogP contribution in [0.2, 0.25) is 5.02 Å². The molecule has 0 aliphatic heterocycles. The van der Waals surface area contributed by atoms with Gasteiger partial charge in [0.05, 0.1) is 0 Å². The SMILES string of the molecule is Cc1ccccc1CN(C)c1cc(Cl)ccc1C(=N)N. The van der Waals surface area contributed by atoms with Gasteiger partial charge in [0.15, 0.2) is 0 Å². The summed E-state index contributed by atoms with van der Waals surface area (Å²) in [4.78, 5) is 2.06. The van der Waals surface area contributed by atoms with Gasteiger partial charge in [-0.15, -0.1) is 0 Å². The van der Waals surface area contributed by atoms with E-state index < -0.39 is 0 Å². The minimum Gasteiger partial charge on any atom is -0.384 e. The monoisotopic (exact) mass is 287 g/mol. The van der Waals surface area contributed by atoms with Gasteiger partial charge in [-0.1, -0.05) is 35.9 Å². The second kappa shape index (κ2) is 5.97. The number of benzene rings is 2. The van der Waals surface area contributed by atoms with Crippen LogP contribution in [0.15, 0.2) is 42.5 Å². The molecule has 104 valence electrons. The van der Waals surface area contributed by atoms with Crippen LogP contribution in [0.5, 0.6) is 0 Å². The molecule has 0 aromatic heterocycles. The average Bonchev–Trinajstić information content (AvgIpc) is 2.40. The highest BCUT2D eigenvalue weighted by Crippen LogP contribution is 2.25. The maximum atomic E-state index is 7.67. The Balaban J connectivity index is 2.34. The Morgan fingerprint density at radius 2 is 1.95 bits per heavy atom. The van der Waals surface area contributed by atoms with Gasteiger partial charge < -0.3 is 10.6 Å². The number of rotatable bonds is 4. The topological polar surface area (TPSA) is 53.1 Å². The molecule has 2 aromatic rings. The first-order chi connectivity index (χ1) is 9.49. The van der Waals surface area contributed by atoms with Crippen molar-refractivity contribution >= 4 is 23.1 Å². The minimum atomic E-state index is 0.0494. The number of nitrogens with one attached hydrogen (secondary N) is 1. The van der Waals surface area contributed by atoms with E-state index in [1.54, 1.807) is 12.1 Å². The van der Waals surface area contributed by atoms with Gasteiger partial charge in [-0.3, -0.25) is 5.41 Å². The summed E-state index contributed by atoms with van der Waals surface area (Å²) >= 11 is 6.06. The molecule has 0 saturated carbocycles. The number of halogens is 1. The summed E-state index contributed by atoms with van der Waals surface area (Å²) in [6.07, 6.45) is 0. The van der Waals surface area contributed by atoms with E-state index in [9.17, 15) is 0 Å². The number of aryl methyl sites for hydroxylation is 1. The number of hydrogen-bond donors (Lipinski definition) is 2. The van der Waals surface area contributed by atoms with Gasteiger partial charge in [0, 0.05) is 29.9 Å². The zero-order valence-electron chi connectivity index (χ0n) is 11.7. The van der Waals surface area contributed by atoms with Gasteiger partial charge in [-0.2, -0.15) is 0 Å². The van der Waals surface area contributed by atoms with Gasteiger partial charge in [-0.05, 0) is 36.2 Å². The fourth-order valence-electron chi connectivity index (χ4n) is 2.18. The summed E-state index contributed by atoms with van der Waals surface area (Å²) in [7, 11) is 1.98. The van der Waals surface area contributed by atoms with E-state index >= 15 is 0 Å². The second-order valence-electron chi connectivity index (χ2n) is 4.86. The molecule has 0 fully saturated rings. The third-order valence-electron chi connectivity index (χ3n) is 3.33. The molecule has 0 heterocycles. The molecule has 0 amide bonds. The van der Waals surface area contributed by atoms with Crippen LogP contribution in [-0.2, 0) is 6.54 Å². The molecule has 4 heteroatoms. The smallest absolute Gasteiger partial charge is 0.124 e. The van der Waals surface area contributed by atoms with E-state index in [0.29, 0.717) is 10.6 Å². The molecule has 20 heavy (non-hydrogen) atoms. The van der Waals surface area contributed by atoms with Crippen molar-refractivity contribution in [1.29, 1.82) is 5.41 Å². The molecule has 0 saturated heterocycles. The zero-order valence-corrected chi connectivity index (χ0v) is 12.4. The Morgan fingerprint density at radius 3 is 2.60 bits per heavy atom. The molecule has 0 aliphatic rings. The number of nitrogens with zero attached hydrogens (tertiary/aromatic N) is 1. The maximum Gasteiger partial charge on any atom is 0.124 e. The summed E-state index contributed by atoms with van der Waals surface area (Å²) in [5, 5.41) is 8.31. The highest BCUT2D eigenvalue weighted by Gasteiger charge is 2.11. The van der Waals surface area contributed by atoms with Crippen molar-refractivity contribution < 1.29 is 0 Å². The maximum absolute atomic E-state index is 7.67. The van der Waals surface area contributed by atoms with E-state index in [4.69, 9.17) is 22.7 Å². The van der Waals surface area contributed by atoms with Crippen LogP contribution in [0.4, 0.5) is 5.69 Å². The highest BCUT2D eigenvalue weighted by molar-refractivity contribution is 6.31. The van der Waals surface area contributed by atoms with Crippen LogP contribution in [0.1, 0.15) is 16.7 Å². The molecule has 3 nitrogen and oxygen atoms in total. The van der Waals surface area contributed by atoms with Gasteiger partial charge >= 0.3 is 0 Å². The number of hydrogen-bond acceptors (Lipinski definition) is 2. The normalized spacial score (nSPS) is 10.3. The minimum absolute atomic E-state index is 0.0494. The van der Waals surface area contributed by atoms with Crippen molar-refractivity contribution in [1.82, 2.24) is 0 Å². The van der Waals surface area contributed by atoms with E-state index in [2.05, 4.69) is 24.0 Å². The molecular weight excluding hydrogens is 270 g/mol. The summed E-state index contributed by atoms with van der Waals surface area (Å²) in [5.74, 6) is 0.0494. The van der Waals surface area contributed by atoms with Gasteiger partial charge in [0.2, 0.25) is 0 Å². The van der Waals surface area contributed by atoms with Crippen LogP contribution in [0, 0.1) is 12.3 Å². The van der Waals surface area contributed by atoms with Gasteiger partial charge in [-0.25, -0.2) is 0 Å². The lowest BCUT2D eigenvalue weighted by Gasteiger charge is -2.23. The van der Waals surface area contributed by atoms with Crippen LogP contribution in [0.25, 0.3) is 0 Å². The van der Waals surface area contributed by atoms with Gasteiger partial charge in [0.25, 0.3) is 0 Å². The first-order valence-corrected chi connectivity index (χ1v) is 6.76. The lowest BCUT2D eigenvalue weighted by atomic mass is 10.1. The van der Waals surface area contributed by atoms with Crippen molar-refractivity contribution in [3.05, 3.63) is 64.2 Å². The first kappa shape index (κ1) is 14.4. The second-order valence-corrected chi connectivity index (χ2v) is 5.29. The number of amidine groups is 1. The Hall–Kier alpha value is -2.00. The lowest BCUT2D eigenvalue weighted by molar-refractivity contribution is 0.912. The van der Waals surface area contributed by atoms with E-state index in [1.165, 1.54) is 11.1 Å². The van der Waals surface area contributed by atoms with Crippen molar-refractivity contribution in [2.75, 3.05) is 11.9 Å². The molecule has 3 N–H and O–H groups in total.